The lowest BCUT2D eigenvalue weighted by Crippen LogP contribution is -2.08. The van der Waals surface area contributed by atoms with Gasteiger partial charge < -0.3 is 11.1 Å². The second-order valence-corrected chi connectivity index (χ2v) is 5.11. The van der Waals surface area contributed by atoms with Crippen LogP contribution in [0.3, 0.4) is 0 Å². The van der Waals surface area contributed by atoms with E-state index in [4.69, 9.17) is 18.0 Å². The molecule has 98 valence electrons. The molecule has 0 spiro atoms. The highest BCUT2D eigenvalue weighted by atomic mass is 79.9. The molecular formula is C13H9BrF2N2S. The van der Waals surface area contributed by atoms with E-state index in [0.717, 1.165) is 11.6 Å². The molecular weight excluding hydrogens is 334 g/mol. The number of hydrogen-bond donors (Lipinski definition) is 2. The molecule has 3 N–H and O–H groups in total. The topological polar surface area (TPSA) is 38.0 Å². The van der Waals surface area contributed by atoms with E-state index in [2.05, 4.69) is 21.2 Å². The number of thiocarbonyl (C=S) groups is 1. The minimum absolute atomic E-state index is 0.177. The van der Waals surface area contributed by atoms with Crippen molar-refractivity contribution in [1.82, 2.24) is 0 Å². The molecule has 6 heteroatoms. The van der Waals surface area contributed by atoms with Crippen LogP contribution >= 0.6 is 28.1 Å². The van der Waals surface area contributed by atoms with E-state index in [1.165, 1.54) is 6.07 Å². The van der Waals surface area contributed by atoms with Gasteiger partial charge in [-0.25, -0.2) is 8.78 Å². The van der Waals surface area contributed by atoms with Gasteiger partial charge in [-0.3, -0.25) is 0 Å². The summed E-state index contributed by atoms with van der Waals surface area (Å²) in [5.74, 6) is -1.31. The van der Waals surface area contributed by atoms with E-state index < -0.39 is 11.6 Å². The van der Waals surface area contributed by atoms with Crippen molar-refractivity contribution in [1.29, 1.82) is 0 Å². The van der Waals surface area contributed by atoms with Gasteiger partial charge in [0.1, 0.15) is 16.6 Å². The van der Waals surface area contributed by atoms with E-state index in [0.29, 0.717) is 10.7 Å². The molecule has 0 bridgehead atoms. The second-order valence-electron chi connectivity index (χ2n) is 3.81. The molecule has 0 unspecified atom stereocenters. The first-order valence-electron chi connectivity index (χ1n) is 5.29. The fourth-order valence-electron chi connectivity index (χ4n) is 1.49. The minimum Gasteiger partial charge on any atom is -0.389 e. The first kappa shape index (κ1) is 13.9. The van der Waals surface area contributed by atoms with Crippen molar-refractivity contribution in [2.24, 2.45) is 5.73 Å². The van der Waals surface area contributed by atoms with Gasteiger partial charge >= 0.3 is 0 Å². The molecule has 2 aromatic carbocycles. The predicted molar refractivity (Wildman–Crippen MR) is 79.7 cm³/mol. The zero-order valence-corrected chi connectivity index (χ0v) is 12.0. The fourth-order valence-corrected chi connectivity index (χ4v) is 1.97. The zero-order chi connectivity index (χ0) is 14.0. The summed E-state index contributed by atoms with van der Waals surface area (Å²) >= 11 is 7.85. The SMILES string of the molecule is NC(=S)c1ccc(Nc2cc(Br)c(F)cc2F)cc1. The smallest absolute Gasteiger partial charge is 0.149 e. The van der Waals surface area contributed by atoms with Crippen molar-refractivity contribution in [3.8, 4) is 0 Å². The number of rotatable bonds is 3. The molecule has 0 fully saturated rings. The molecule has 0 aliphatic heterocycles. The lowest BCUT2D eigenvalue weighted by atomic mass is 10.2. The standard InChI is InChI=1S/C13H9BrF2N2S/c14-9-5-12(11(16)6-10(9)15)18-8-3-1-7(2-4-8)13(17)19/h1-6,18H,(H2,17,19). The first-order chi connectivity index (χ1) is 8.97. The Morgan fingerprint density at radius 2 is 1.74 bits per heavy atom. The van der Waals surface area contributed by atoms with Gasteiger partial charge in [-0.15, -0.1) is 0 Å². The van der Waals surface area contributed by atoms with E-state index in [1.54, 1.807) is 24.3 Å². The highest BCUT2D eigenvalue weighted by Gasteiger charge is 2.08. The van der Waals surface area contributed by atoms with Gasteiger partial charge in [-0.1, -0.05) is 12.2 Å². The van der Waals surface area contributed by atoms with Crippen molar-refractivity contribution in [3.63, 3.8) is 0 Å². The third-order valence-electron chi connectivity index (χ3n) is 2.46. The Morgan fingerprint density at radius 3 is 2.32 bits per heavy atom. The van der Waals surface area contributed by atoms with Crippen LogP contribution in [0.15, 0.2) is 40.9 Å². The van der Waals surface area contributed by atoms with Gasteiger partial charge in [0.25, 0.3) is 0 Å². The number of nitrogens with two attached hydrogens (primary N) is 1. The molecule has 2 nitrogen and oxygen atoms in total. The average Bonchev–Trinajstić information content (AvgIpc) is 2.36. The lowest BCUT2D eigenvalue weighted by molar-refractivity contribution is 0.581. The molecule has 2 aromatic rings. The van der Waals surface area contributed by atoms with E-state index in [1.807, 2.05) is 0 Å². The molecule has 0 saturated carbocycles. The third-order valence-corrected chi connectivity index (χ3v) is 3.30. The summed E-state index contributed by atoms with van der Waals surface area (Å²) in [5, 5.41) is 2.85. The zero-order valence-electron chi connectivity index (χ0n) is 9.58. The van der Waals surface area contributed by atoms with Crippen LogP contribution in [0.2, 0.25) is 0 Å². The molecule has 0 radical (unpaired) electrons. The Morgan fingerprint density at radius 1 is 1.11 bits per heavy atom. The molecule has 19 heavy (non-hydrogen) atoms. The second kappa shape index (κ2) is 5.63. The van der Waals surface area contributed by atoms with Gasteiger partial charge in [0.05, 0.1) is 10.2 Å². The maximum absolute atomic E-state index is 13.6. The number of benzene rings is 2. The Bertz CT molecular complexity index is 629. The van der Waals surface area contributed by atoms with Crippen LogP contribution in [-0.2, 0) is 0 Å². The molecule has 0 saturated heterocycles. The molecule has 0 aliphatic rings. The number of anilines is 2. The van der Waals surface area contributed by atoms with Crippen LogP contribution in [0.5, 0.6) is 0 Å². The highest BCUT2D eigenvalue weighted by Crippen LogP contribution is 2.26. The maximum atomic E-state index is 13.6. The van der Waals surface area contributed by atoms with Gasteiger partial charge in [0, 0.05) is 17.3 Å². The van der Waals surface area contributed by atoms with Gasteiger partial charge in [-0.05, 0) is 46.3 Å². The normalized spacial score (nSPS) is 10.3. The largest absolute Gasteiger partial charge is 0.389 e. The molecule has 0 aliphatic carbocycles. The summed E-state index contributed by atoms with van der Waals surface area (Å²) in [7, 11) is 0. The number of halogens is 3. The van der Waals surface area contributed by atoms with Crippen LogP contribution in [0, 0.1) is 11.6 Å². The van der Waals surface area contributed by atoms with Gasteiger partial charge in [0.2, 0.25) is 0 Å². The molecule has 0 aromatic heterocycles. The molecule has 0 atom stereocenters. The van der Waals surface area contributed by atoms with E-state index >= 15 is 0 Å². The minimum atomic E-state index is -0.667. The van der Waals surface area contributed by atoms with Crippen LogP contribution in [-0.4, -0.2) is 4.99 Å². The summed E-state index contributed by atoms with van der Waals surface area (Å²) in [5.41, 5.74) is 7.03. The summed E-state index contributed by atoms with van der Waals surface area (Å²) < 4.78 is 26.8. The van der Waals surface area contributed by atoms with Gasteiger partial charge in [0.15, 0.2) is 0 Å². The van der Waals surface area contributed by atoms with Crippen LogP contribution < -0.4 is 11.1 Å². The van der Waals surface area contributed by atoms with Crippen LogP contribution in [0.4, 0.5) is 20.2 Å². The first-order valence-corrected chi connectivity index (χ1v) is 6.49. The quantitative estimate of drug-likeness (QED) is 0.651. The predicted octanol–water partition coefficient (Wildman–Crippen LogP) is 4.11. The Kier molecular flexibility index (Phi) is 4.11. The Hall–Kier alpha value is -1.53. The molecule has 0 heterocycles. The van der Waals surface area contributed by atoms with E-state index in [-0.39, 0.29) is 10.2 Å². The highest BCUT2D eigenvalue weighted by molar-refractivity contribution is 9.10. The van der Waals surface area contributed by atoms with Crippen molar-refractivity contribution in [2.45, 2.75) is 0 Å². The van der Waals surface area contributed by atoms with Crippen molar-refractivity contribution < 1.29 is 8.78 Å². The maximum Gasteiger partial charge on any atom is 0.149 e. The summed E-state index contributed by atoms with van der Waals surface area (Å²) in [6, 6.07) is 9.03. The van der Waals surface area contributed by atoms with Gasteiger partial charge in [-0.2, -0.15) is 0 Å². The summed E-state index contributed by atoms with van der Waals surface area (Å²) in [6.07, 6.45) is 0. The third kappa shape index (κ3) is 3.27. The van der Waals surface area contributed by atoms with Crippen molar-refractivity contribution >= 4 is 44.5 Å². The summed E-state index contributed by atoms with van der Waals surface area (Å²) in [6.45, 7) is 0. The van der Waals surface area contributed by atoms with Crippen LogP contribution in [0.25, 0.3) is 0 Å². The molecule has 2 rings (SSSR count). The van der Waals surface area contributed by atoms with E-state index in [9.17, 15) is 8.78 Å². The Labute approximate surface area is 122 Å². The number of nitrogens with one attached hydrogen (secondary N) is 1. The Balaban J connectivity index is 2.26. The molecule has 0 amide bonds. The fraction of sp³-hybridized carbons (Fsp3) is 0. The average molecular weight is 343 g/mol. The van der Waals surface area contributed by atoms with Crippen molar-refractivity contribution in [3.05, 3.63) is 58.1 Å². The monoisotopic (exact) mass is 342 g/mol. The van der Waals surface area contributed by atoms with Crippen LogP contribution in [0.1, 0.15) is 5.56 Å². The number of hydrogen-bond acceptors (Lipinski definition) is 2. The lowest BCUT2D eigenvalue weighted by Gasteiger charge is -2.09. The van der Waals surface area contributed by atoms with Crippen molar-refractivity contribution in [2.75, 3.05) is 5.32 Å². The summed E-state index contributed by atoms with van der Waals surface area (Å²) in [4.78, 5) is 0.294.